The lowest BCUT2D eigenvalue weighted by molar-refractivity contribution is -0.348. The van der Waals surface area contributed by atoms with Crippen molar-refractivity contribution in [3.63, 3.8) is 0 Å². The molecule has 0 radical (unpaired) electrons. The van der Waals surface area contributed by atoms with Gasteiger partial charge in [-0.1, -0.05) is 35.9 Å². The Morgan fingerprint density at radius 3 is 1.79 bits per heavy atom. The largest absolute Gasteiger partial charge is 0.435 e. The van der Waals surface area contributed by atoms with Crippen LogP contribution in [0.4, 0.5) is 30.7 Å². The van der Waals surface area contributed by atoms with Gasteiger partial charge in [0.2, 0.25) is 0 Å². The Hall–Kier alpha value is -2.29. The zero-order chi connectivity index (χ0) is 21.2. The van der Waals surface area contributed by atoms with Gasteiger partial charge in [0.25, 0.3) is 5.91 Å². The maximum absolute atomic E-state index is 13.9. The summed E-state index contributed by atoms with van der Waals surface area (Å²) < 4.78 is 90.2. The van der Waals surface area contributed by atoms with Gasteiger partial charge >= 0.3 is 18.0 Å². The molecule has 0 spiro atoms. The van der Waals surface area contributed by atoms with Gasteiger partial charge in [-0.15, -0.1) is 0 Å². The van der Waals surface area contributed by atoms with Crippen molar-refractivity contribution >= 4 is 17.5 Å². The fraction of sp³-hybridized carbons (Fsp3) is 0.278. The Labute approximate surface area is 160 Å². The monoisotopic (exact) mass is 427 g/mol. The maximum atomic E-state index is 13.9. The Bertz CT molecular complexity index is 800. The minimum atomic E-state index is -6.20. The predicted molar refractivity (Wildman–Crippen MR) is 88.8 cm³/mol. The molecule has 0 aliphatic heterocycles. The quantitative estimate of drug-likeness (QED) is 0.618. The smallest absolute Gasteiger partial charge is 0.352 e. The van der Waals surface area contributed by atoms with Crippen LogP contribution < -0.4 is 5.32 Å². The standard InChI is InChI=1S/C18H13ClF7NO/c19-14-7-1-11(2-8-14)9-10-27-15(28)12-3-5-13(6-4-12)16(20,17(21,22)23)18(24,25)26/h1-8H,9-10H2,(H,27,28). The van der Waals surface area contributed by atoms with Crippen LogP contribution in [0.3, 0.4) is 0 Å². The zero-order valence-corrected chi connectivity index (χ0v) is 14.7. The number of alkyl halides is 7. The number of carbonyl (C=O) groups excluding carboxylic acids is 1. The predicted octanol–water partition coefficient (Wildman–Crippen LogP) is 5.60. The summed E-state index contributed by atoms with van der Waals surface area (Å²) in [5.41, 5.74) is -6.52. The van der Waals surface area contributed by atoms with E-state index in [0.717, 1.165) is 5.56 Å². The number of carbonyl (C=O) groups is 1. The maximum Gasteiger partial charge on any atom is 0.435 e. The summed E-state index contributed by atoms with van der Waals surface area (Å²) in [6.07, 6.45) is -12.0. The van der Waals surface area contributed by atoms with E-state index in [1.165, 1.54) is 0 Å². The summed E-state index contributed by atoms with van der Waals surface area (Å²) >= 11 is 5.74. The second kappa shape index (κ2) is 7.98. The molecule has 0 aromatic heterocycles. The molecule has 1 amide bonds. The van der Waals surface area contributed by atoms with Crippen LogP contribution in [-0.2, 0) is 12.1 Å². The molecular weight excluding hydrogens is 415 g/mol. The highest BCUT2D eigenvalue weighted by atomic mass is 35.5. The number of hydrogen-bond acceptors (Lipinski definition) is 1. The van der Waals surface area contributed by atoms with E-state index in [1.807, 2.05) is 0 Å². The van der Waals surface area contributed by atoms with Crippen molar-refractivity contribution in [1.82, 2.24) is 5.32 Å². The first kappa shape index (κ1) is 22.0. The third-order valence-corrected chi connectivity index (χ3v) is 4.19. The van der Waals surface area contributed by atoms with Crippen LogP contribution in [0.2, 0.25) is 5.02 Å². The number of benzene rings is 2. The van der Waals surface area contributed by atoms with E-state index in [-0.39, 0.29) is 12.1 Å². The van der Waals surface area contributed by atoms with E-state index in [4.69, 9.17) is 11.6 Å². The first-order valence-electron chi connectivity index (χ1n) is 7.82. The topological polar surface area (TPSA) is 29.1 Å². The molecule has 0 heterocycles. The summed E-state index contributed by atoms with van der Waals surface area (Å²) in [5, 5.41) is 3.01. The lowest BCUT2D eigenvalue weighted by Gasteiger charge is -2.30. The average molecular weight is 428 g/mol. The fourth-order valence-electron chi connectivity index (χ4n) is 2.41. The van der Waals surface area contributed by atoms with Gasteiger partial charge in [0.05, 0.1) is 0 Å². The molecule has 0 bridgehead atoms. The molecule has 28 heavy (non-hydrogen) atoms. The molecule has 2 aromatic rings. The summed E-state index contributed by atoms with van der Waals surface area (Å²) in [6.45, 7) is 0.167. The molecule has 0 saturated heterocycles. The molecule has 2 aromatic carbocycles. The molecule has 0 aliphatic rings. The minimum absolute atomic E-state index is 0.167. The number of halogens is 8. The van der Waals surface area contributed by atoms with Crippen LogP contribution in [-0.4, -0.2) is 24.8 Å². The minimum Gasteiger partial charge on any atom is -0.352 e. The van der Waals surface area contributed by atoms with Crippen molar-refractivity contribution in [2.45, 2.75) is 24.4 Å². The van der Waals surface area contributed by atoms with Crippen LogP contribution >= 0.6 is 11.6 Å². The highest BCUT2D eigenvalue weighted by Gasteiger charge is 2.73. The van der Waals surface area contributed by atoms with Crippen LogP contribution in [0.1, 0.15) is 21.5 Å². The van der Waals surface area contributed by atoms with Crippen LogP contribution in [0.25, 0.3) is 0 Å². The Morgan fingerprint density at radius 1 is 0.821 bits per heavy atom. The Kier molecular flexibility index (Phi) is 6.27. The highest BCUT2D eigenvalue weighted by molar-refractivity contribution is 6.30. The van der Waals surface area contributed by atoms with Crippen molar-refractivity contribution in [3.8, 4) is 0 Å². The fourth-order valence-corrected chi connectivity index (χ4v) is 2.54. The lowest BCUT2D eigenvalue weighted by Crippen LogP contribution is -2.50. The van der Waals surface area contributed by atoms with Crippen LogP contribution in [0.15, 0.2) is 48.5 Å². The molecule has 0 unspecified atom stereocenters. The van der Waals surface area contributed by atoms with E-state index in [0.29, 0.717) is 35.7 Å². The number of amides is 1. The van der Waals surface area contributed by atoms with Gasteiger partial charge in [-0.3, -0.25) is 4.79 Å². The van der Waals surface area contributed by atoms with Gasteiger partial charge in [-0.2, -0.15) is 26.3 Å². The highest BCUT2D eigenvalue weighted by Crippen LogP contribution is 2.53. The first-order valence-corrected chi connectivity index (χ1v) is 8.19. The van der Waals surface area contributed by atoms with Gasteiger partial charge in [-0.25, -0.2) is 4.39 Å². The van der Waals surface area contributed by atoms with E-state index in [2.05, 4.69) is 5.32 Å². The van der Waals surface area contributed by atoms with Crippen LogP contribution in [0, 0.1) is 0 Å². The van der Waals surface area contributed by atoms with E-state index >= 15 is 0 Å². The summed E-state index contributed by atoms with van der Waals surface area (Å²) in [7, 11) is 0. The zero-order valence-electron chi connectivity index (χ0n) is 14.0. The van der Waals surface area contributed by atoms with Crippen molar-refractivity contribution in [1.29, 1.82) is 0 Å². The van der Waals surface area contributed by atoms with Crippen molar-refractivity contribution < 1.29 is 35.5 Å². The summed E-state index contributed by atoms with van der Waals surface area (Å²) in [5.74, 6) is -0.719. The molecule has 2 nitrogen and oxygen atoms in total. The van der Waals surface area contributed by atoms with Gasteiger partial charge in [0.15, 0.2) is 0 Å². The molecule has 2 rings (SSSR count). The molecule has 0 atom stereocenters. The summed E-state index contributed by atoms with van der Waals surface area (Å²) in [6, 6.07) is 8.79. The van der Waals surface area contributed by atoms with E-state index in [1.54, 1.807) is 24.3 Å². The third-order valence-electron chi connectivity index (χ3n) is 3.94. The van der Waals surface area contributed by atoms with Gasteiger partial charge in [-0.05, 0) is 36.2 Å². The molecule has 0 saturated carbocycles. The molecule has 0 aliphatic carbocycles. The van der Waals surface area contributed by atoms with Crippen molar-refractivity contribution in [2.75, 3.05) is 6.54 Å². The number of nitrogens with one attached hydrogen (secondary N) is 1. The molecule has 10 heteroatoms. The van der Waals surface area contributed by atoms with Gasteiger partial charge in [0.1, 0.15) is 0 Å². The van der Waals surface area contributed by atoms with Crippen molar-refractivity contribution in [3.05, 3.63) is 70.2 Å². The SMILES string of the molecule is O=C(NCCc1ccc(Cl)cc1)c1ccc(C(F)(C(F)(F)F)C(F)(F)F)cc1. The lowest BCUT2D eigenvalue weighted by atomic mass is 9.93. The van der Waals surface area contributed by atoms with Gasteiger partial charge in [0, 0.05) is 22.7 Å². The second-order valence-corrected chi connectivity index (χ2v) is 6.30. The third kappa shape index (κ3) is 4.57. The number of hydrogen-bond donors (Lipinski definition) is 1. The van der Waals surface area contributed by atoms with Crippen molar-refractivity contribution in [2.24, 2.45) is 0 Å². The molecule has 1 N–H and O–H groups in total. The number of rotatable bonds is 5. The van der Waals surface area contributed by atoms with E-state index < -0.39 is 29.5 Å². The first-order chi connectivity index (χ1) is 12.9. The second-order valence-electron chi connectivity index (χ2n) is 5.86. The van der Waals surface area contributed by atoms with Crippen LogP contribution in [0.5, 0.6) is 0 Å². The molecular formula is C18H13ClF7NO. The van der Waals surface area contributed by atoms with Gasteiger partial charge < -0.3 is 5.32 Å². The summed E-state index contributed by atoms with van der Waals surface area (Å²) in [4.78, 5) is 12.0. The molecule has 0 fully saturated rings. The average Bonchev–Trinajstić information content (AvgIpc) is 2.61. The molecule has 152 valence electrons. The Morgan fingerprint density at radius 2 is 1.32 bits per heavy atom. The van der Waals surface area contributed by atoms with E-state index in [9.17, 15) is 35.5 Å². The Balaban J connectivity index is 2.08. The normalized spacial score (nSPS) is 12.7.